The summed E-state index contributed by atoms with van der Waals surface area (Å²) >= 11 is 0. The van der Waals surface area contributed by atoms with Crippen molar-refractivity contribution in [2.24, 2.45) is 5.92 Å². The van der Waals surface area contributed by atoms with Gasteiger partial charge >= 0.3 is 0 Å². The lowest BCUT2D eigenvalue weighted by molar-refractivity contribution is -0.135. The molecule has 1 atom stereocenters. The van der Waals surface area contributed by atoms with Crippen molar-refractivity contribution >= 4 is 5.91 Å². The summed E-state index contributed by atoms with van der Waals surface area (Å²) in [5, 5.41) is 3.24. The molecule has 0 aromatic heterocycles. The van der Waals surface area contributed by atoms with E-state index in [0.717, 1.165) is 31.7 Å². The Hall–Kier alpha value is -1.42. The van der Waals surface area contributed by atoms with Gasteiger partial charge in [0, 0.05) is 32.1 Å². The van der Waals surface area contributed by atoms with Crippen LogP contribution in [-0.2, 0) is 11.2 Å². The van der Waals surface area contributed by atoms with Crippen molar-refractivity contribution in [3.63, 3.8) is 0 Å². The number of piperazine rings is 1. The predicted octanol–water partition coefficient (Wildman–Crippen LogP) is 2.13. The minimum Gasteiger partial charge on any atom is -0.340 e. The summed E-state index contributed by atoms with van der Waals surface area (Å²) < 4.78 is 13.8. The zero-order chi connectivity index (χ0) is 14.5. The minimum atomic E-state index is -0.160. The topological polar surface area (TPSA) is 32.3 Å². The van der Waals surface area contributed by atoms with Gasteiger partial charge < -0.3 is 10.2 Å². The van der Waals surface area contributed by atoms with Crippen LogP contribution in [0.3, 0.4) is 0 Å². The molecular weight excluding hydrogens is 255 g/mol. The van der Waals surface area contributed by atoms with Gasteiger partial charge in [-0.25, -0.2) is 4.39 Å². The summed E-state index contributed by atoms with van der Waals surface area (Å²) in [6.07, 6.45) is 1.31. The number of benzene rings is 1. The fraction of sp³-hybridized carbons (Fsp3) is 0.562. The first-order chi connectivity index (χ1) is 9.58. The van der Waals surface area contributed by atoms with Gasteiger partial charge in [-0.15, -0.1) is 0 Å². The lowest BCUT2D eigenvalue weighted by Crippen LogP contribution is -2.48. The highest BCUT2D eigenvalue weighted by atomic mass is 19.1. The number of nitrogens with one attached hydrogen (secondary N) is 1. The van der Waals surface area contributed by atoms with E-state index >= 15 is 0 Å². The highest BCUT2D eigenvalue weighted by Crippen LogP contribution is 2.16. The smallest absolute Gasteiger partial charge is 0.225 e. The molecule has 1 aliphatic heterocycles. The summed E-state index contributed by atoms with van der Waals surface area (Å²) in [5.41, 5.74) is 1.63. The van der Waals surface area contributed by atoms with Crippen molar-refractivity contribution < 1.29 is 9.18 Å². The molecule has 1 aliphatic rings. The molecule has 2 rings (SSSR count). The van der Waals surface area contributed by atoms with E-state index in [0.29, 0.717) is 18.4 Å². The van der Waals surface area contributed by atoms with Crippen LogP contribution < -0.4 is 5.32 Å². The molecule has 0 bridgehead atoms. The molecule has 3 nitrogen and oxygen atoms in total. The molecule has 0 aliphatic carbocycles. The third-order valence-corrected chi connectivity index (χ3v) is 3.91. The number of nitrogens with zero attached hydrogens (tertiary/aromatic N) is 1. The number of hydrogen-bond donors (Lipinski definition) is 1. The molecule has 1 aromatic rings. The maximum Gasteiger partial charge on any atom is 0.225 e. The first-order valence-corrected chi connectivity index (χ1v) is 7.32. The number of amides is 1. The Morgan fingerprint density at radius 1 is 1.40 bits per heavy atom. The highest BCUT2D eigenvalue weighted by molar-refractivity contribution is 5.78. The molecule has 1 fully saturated rings. The van der Waals surface area contributed by atoms with Crippen molar-refractivity contribution in [1.82, 2.24) is 10.2 Å². The zero-order valence-electron chi connectivity index (χ0n) is 12.3. The summed E-state index contributed by atoms with van der Waals surface area (Å²) in [6.45, 7) is 7.11. The Labute approximate surface area is 120 Å². The average molecular weight is 278 g/mol. The van der Waals surface area contributed by atoms with Crippen LogP contribution in [0, 0.1) is 18.7 Å². The van der Waals surface area contributed by atoms with Gasteiger partial charge in [-0.2, -0.15) is 0 Å². The van der Waals surface area contributed by atoms with Crippen molar-refractivity contribution in [2.75, 3.05) is 26.2 Å². The summed E-state index contributed by atoms with van der Waals surface area (Å²) in [5.74, 6) is -0.0142. The highest BCUT2D eigenvalue weighted by Gasteiger charge is 2.21. The summed E-state index contributed by atoms with van der Waals surface area (Å²) in [6, 6.07) is 5.30. The van der Waals surface area contributed by atoms with Crippen LogP contribution in [0.1, 0.15) is 24.5 Å². The molecular formula is C16H23FN2O. The molecule has 0 saturated carbocycles. The Kier molecular flexibility index (Phi) is 5.12. The molecule has 1 saturated heterocycles. The van der Waals surface area contributed by atoms with Crippen LogP contribution in [-0.4, -0.2) is 37.0 Å². The molecule has 1 aromatic carbocycles. The van der Waals surface area contributed by atoms with E-state index in [-0.39, 0.29) is 17.6 Å². The van der Waals surface area contributed by atoms with Crippen LogP contribution in [0.5, 0.6) is 0 Å². The van der Waals surface area contributed by atoms with E-state index in [1.165, 1.54) is 0 Å². The van der Waals surface area contributed by atoms with Crippen LogP contribution in [0.25, 0.3) is 0 Å². The number of aryl methyl sites for hydroxylation is 2. The fourth-order valence-electron chi connectivity index (χ4n) is 2.55. The normalized spacial score (nSPS) is 17.1. The van der Waals surface area contributed by atoms with Crippen molar-refractivity contribution in [3.05, 3.63) is 35.1 Å². The molecule has 4 heteroatoms. The molecule has 0 spiro atoms. The van der Waals surface area contributed by atoms with Gasteiger partial charge in [-0.3, -0.25) is 4.79 Å². The van der Waals surface area contributed by atoms with Gasteiger partial charge in [0.1, 0.15) is 5.82 Å². The summed E-state index contributed by atoms with van der Waals surface area (Å²) in [4.78, 5) is 14.2. The Morgan fingerprint density at radius 3 is 2.75 bits per heavy atom. The standard InChI is InChI=1S/C16H23FN2O/c1-12-3-5-14(15(17)11-12)6-4-13(2)16(20)19-9-7-18-8-10-19/h3,5,11,13,18H,4,6-10H2,1-2H3. The van der Waals surface area contributed by atoms with Crippen LogP contribution >= 0.6 is 0 Å². The van der Waals surface area contributed by atoms with Crippen LogP contribution in [0.2, 0.25) is 0 Å². The Balaban J connectivity index is 1.87. The number of carbonyl (C=O) groups is 1. The quantitative estimate of drug-likeness (QED) is 0.915. The fourth-order valence-corrected chi connectivity index (χ4v) is 2.55. The van der Waals surface area contributed by atoms with Crippen LogP contribution in [0.4, 0.5) is 4.39 Å². The molecule has 1 heterocycles. The summed E-state index contributed by atoms with van der Waals surface area (Å²) in [7, 11) is 0. The monoisotopic (exact) mass is 278 g/mol. The van der Waals surface area contributed by atoms with Gasteiger partial charge in [0.15, 0.2) is 0 Å². The molecule has 1 unspecified atom stereocenters. The van der Waals surface area contributed by atoms with E-state index in [4.69, 9.17) is 0 Å². The lowest BCUT2D eigenvalue weighted by atomic mass is 9.98. The lowest BCUT2D eigenvalue weighted by Gasteiger charge is -2.29. The van der Waals surface area contributed by atoms with Crippen molar-refractivity contribution in [2.45, 2.75) is 26.7 Å². The number of hydrogen-bond acceptors (Lipinski definition) is 2. The van der Waals surface area contributed by atoms with E-state index in [9.17, 15) is 9.18 Å². The first kappa shape index (κ1) is 15.0. The second-order valence-electron chi connectivity index (χ2n) is 5.61. The van der Waals surface area contributed by atoms with Gasteiger partial charge in [-0.05, 0) is 37.0 Å². The third kappa shape index (κ3) is 3.79. The zero-order valence-corrected chi connectivity index (χ0v) is 12.3. The van der Waals surface area contributed by atoms with Gasteiger partial charge in [-0.1, -0.05) is 19.1 Å². The number of rotatable bonds is 4. The molecule has 1 amide bonds. The second kappa shape index (κ2) is 6.84. The van der Waals surface area contributed by atoms with Gasteiger partial charge in [0.2, 0.25) is 5.91 Å². The van der Waals surface area contributed by atoms with Gasteiger partial charge in [0.05, 0.1) is 0 Å². The van der Waals surface area contributed by atoms with E-state index in [1.54, 1.807) is 6.07 Å². The molecule has 110 valence electrons. The molecule has 1 N–H and O–H groups in total. The third-order valence-electron chi connectivity index (χ3n) is 3.91. The largest absolute Gasteiger partial charge is 0.340 e. The van der Waals surface area contributed by atoms with E-state index < -0.39 is 0 Å². The van der Waals surface area contributed by atoms with E-state index in [2.05, 4.69) is 5.32 Å². The van der Waals surface area contributed by atoms with Gasteiger partial charge in [0.25, 0.3) is 0 Å². The maximum absolute atomic E-state index is 13.8. The SMILES string of the molecule is Cc1ccc(CCC(C)C(=O)N2CCNCC2)c(F)c1. The average Bonchev–Trinajstić information content (AvgIpc) is 2.46. The number of halogens is 1. The number of carbonyl (C=O) groups excluding carboxylic acids is 1. The maximum atomic E-state index is 13.8. The van der Waals surface area contributed by atoms with Crippen LogP contribution in [0.15, 0.2) is 18.2 Å². The van der Waals surface area contributed by atoms with Crippen molar-refractivity contribution in [3.8, 4) is 0 Å². The first-order valence-electron chi connectivity index (χ1n) is 7.32. The Morgan fingerprint density at radius 2 is 2.10 bits per heavy atom. The predicted molar refractivity (Wildman–Crippen MR) is 78.1 cm³/mol. The minimum absolute atomic E-state index is 0.0474. The molecule has 20 heavy (non-hydrogen) atoms. The molecule has 0 radical (unpaired) electrons. The second-order valence-corrected chi connectivity index (χ2v) is 5.61. The van der Waals surface area contributed by atoms with Crippen molar-refractivity contribution in [1.29, 1.82) is 0 Å². The Bertz CT molecular complexity index is 470. The van der Waals surface area contributed by atoms with E-state index in [1.807, 2.05) is 30.9 Å².